The van der Waals surface area contributed by atoms with E-state index in [9.17, 15) is 0 Å². The lowest BCUT2D eigenvalue weighted by atomic mass is 10.1. The van der Waals surface area contributed by atoms with E-state index in [0.717, 1.165) is 23.0 Å². The molecule has 0 amide bonds. The molecule has 0 fully saturated rings. The third kappa shape index (κ3) is 3.37. The minimum atomic E-state index is 0.299. The van der Waals surface area contributed by atoms with Gasteiger partial charge in [-0.2, -0.15) is 0 Å². The van der Waals surface area contributed by atoms with Crippen LogP contribution in [-0.2, 0) is 6.42 Å². The van der Waals surface area contributed by atoms with Crippen molar-refractivity contribution in [3.8, 4) is 0 Å². The minimum Gasteiger partial charge on any atom is -0.312 e. The fourth-order valence-corrected chi connectivity index (χ4v) is 3.07. The number of pyridine rings is 1. The summed E-state index contributed by atoms with van der Waals surface area (Å²) in [4.78, 5) is 5.87. The van der Waals surface area contributed by atoms with Crippen LogP contribution in [0.2, 0.25) is 0 Å². The van der Waals surface area contributed by atoms with Gasteiger partial charge in [0.25, 0.3) is 0 Å². The number of nitrogens with zero attached hydrogens (tertiary/aromatic N) is 1. The molecule has 1 unspecified atom stereocenters. The van der Waals surface area contributed by atoms with Crippen LogP contribution in [0.5, 0.6) is 0 Å². The molecule has 0 radical (unpaired) electrons. The van der Waals surface area contributed by atoms with Gasteiger partial charge in [0.15, 0.2) is 0 Å². The lowest BCUT2D eigenvalue weighted by molar-refractivity contribution is 0.535. The van der Waals surface area contributed by atoms with E-state index in [2.05, 4.69) is 43.7 Å². The van der Waals surface area contributed by atoms with Gasteiger partial charge in [-0.05, 0) is 59.4 Å². The van der Waals surface area contributed by atoms with E-state index >= 15 is 0 Å². The number of thiophene rings is 1. The first kappa shape index (κ1) is 12.7. The van der Waals surface area contributed by atoms with Crippen molar-refractivity contribution in [3.63, 3.8) is 0 Å². The van der Waals surface area contributed by atoms with Gasteiger partial charge in [0.2, 0.25) is 0 Å². The quantitative estimate of drug-likeness (QED) is 0.908. The molecule has 0 bridgehead atoms. The van der Waals surface area contributed by atoms with E-state index in [-0.39, 0.29) is 0 Å². The van der Waals surface area contributed by atoms with Crippen molar-refractivity contribution in [1.29, 1.82) is 0 Å². The zero-order chi connectivity index (χ0) is 12.1. The Balaban J connectivity index is 2.04. The van der Waals surface area contributed by atoms with Gasteiger partial charge in [0, 0.05) is 15.5 Å². The van der Waals surface area contributed by atoms with E-state index in [1.54, 1.807) is 0 Å². The van der Waals surface area contributed by atoms with E-state index in [1.807, 2.05) is 36.7 Å². The number of aryl methyl sites for hydroxylation is 1. The SMILES string of the molecule is CNC(CCc1cccs1)c1ncccc1Br. The number of hydrogen-bond donors (Lipinski definition) is 1. The van der Waals surface area contributed by atoms with Gasteiger partial charge in [-0.15, -0.1) is 11.3 Å². The third-order valence-corrected chi connectivity index (χ3v) is 4.33. The fraction of sp³-hybridized carbons (Fsp3) is 0.308. The molecule has 4 heteroatoms. The second-order valence-electron chi connectivity index (χ2n) is 3.83. The maximum Gasteiger partial charge on any atom is 0.0714 e. The van der Waals surface area contributed by atoms with Crippen molar-refractivity contribution < 1.29 is 0 Å². The second kappa shape index (κ2) is 6.28. The summed E-state index contributed by atoms with van der Waals surface area (Å²) in [7, 11) is 1.99. The summed E-state index contributed by atoms with van der Waals surface area (Å²) in [6, 6.07) is 8.57. The summed E-state index contributed by atoms with van der Waals surface area (Å²) in [5.74, 6) is 0. The first-order chi connectivity index (χ1) is 8.31. The monoisotopic (exact) mass is 310 g/mol. The average Bonchev–Trinajstić information content (AvgIpc) is 2.85. The first-order valence-electron chi connectivity index (χ1n) is 5.61. The maximum atomic E-state index is 4.44. The zero-order valence-electron chi connectivity index (χ0n) is 9.69. The fourth-order valence-electron chi connectivity index (χ4n) is 1.81. The summed E-state index contributed by atoms with van der Waals surface area (Å²) >= 11 is 5.37. The van der Waals surface area contributed by atoms with Crippen molar-refractivity contribution in [2.24, 2.45) is 0 Å². The molecule has 0 aliphatic rings. The minimum absolute atomic E-state index is 0.299. The molecule has 1 atom stereocenters. The number of nitrogens with one attached hydrogen (secondary N) is 1. The molecule has 2 nitrogen and oxygen atoms in total. The molecule has 2 aromatic rings. The highest BCUT2D eigenvalue weighted by Gasteiger charge is 2.13. The Morgan fingerprint density at radius 1 is 1.41 bits per heavy atom. The highest BCUT2D eigenvalue weighted by atomic mass is 79.9. The van der Waals surface area contributed by atoms with Crippen molar-refractivity contribution in [2.45, 2.75) is 18.9 Å². The molecular formula is C13H15BrN2S. The van der Waals surface area contributed by atoms with Gasteiger partial charge in [0.05, 0.1) is 11.7 Å². The van der Waals surface area contributed by atoms with Crippen molar-refractivity contribution in [2.75, 3.05) is 7.05 Å². The third-order valence-electron chi connectivity index (χ3n) is 2.72. The van der Waals surface area contributed by atoms with Gasteiger partial charge in [-0.1, -0.05) is 6.07 Å². The maximum absolute atomic E-state index is 4.44. The van der Waals surface area contributed by atoms with Crippen LogP contribution >= 0.6 is 27.3 Å². The van der Waals surface area contributed by atoms with Crippen LogP contribution in [0, 0.1) is 0 Å². The van der Waals surface area contributed by atoms with Crippen LogP contribution < -0.4 is 5.32 Å². The molecule has 0 aliphatic heterocycles. The van der Waals surface area contributed by atoms with E-state index in [1.165, 1.54) is 4.88 Å². The highest BCUT2D eigenvalue weighted by molar-refractivity contribution is 9.10. The van der Waals surface area contributed by atoms with Gasteiger partial charge in [-0.3, -0.25) is 4.98 Å². The van der Waals surface area contributed by atoms with Gasteiger partial charge in [-0.25, -0.2) is 0 Å². The molecule has 2 aromatic heterocycles. The Kier molecular flexibility index (Phi) is 4.71. The number of aromatic nitrogens is 1. The molecular weight excluding hydrogens is 296 g/mol. The average molecular weight is 311 g/mol. The molecule has 0 saturated carbocycles. The smallest absolute Gasteiger partial charge is 0.0714 e. The predicted octanol–water partition coefficient (Wildman–Crippen LogP) is 3.80. The van der Waals surface area contributed by atoms with Crippen LogP contribution in [0.15, 0.2) is 40.3 Å². The number of halogens is 1. The molecule has 2 rings (SSSR count). The number of rotatable bonds is 5. The zero-order valence-corrected chi connectivity index (χ0v) is 12.1. The van der Waals surface area contributed by atoms with Gasteiger partial charge >= 0.3 is 0 Å². The van der Waals surface area contributed by atoms with Crippen LogP contribution in [-0.4, -0.2) is 12.0 Å². The standard InChI is InChI=1S/C13H15BrN2S/c1-15-12(7-6-10-4-3-9-17-10)13-11(14)5-2-8-16-13/h2-5,8-9,12,15H,6-7H2,1H3. The van der Waals surface area contributed by atoms with E-state index in [0.29, 0.717) is 6.04 Å². The molecule has 0 aliphatic carbocycles. The molecule has 0 aromatic carbocycles. The predicted molar refractivity (Wildman–Crippen MR) is 76.4 cm³/mol. The largest absolute Gasteiger partial charge is 0.312 e. The number of hydrogen-bond acceptors (Lipinski definition) is 3. The molecule has 2 heterocycles. The van der Waals surface area contributed by atoms with E-state index in [4.69, 9.17) is 0 Å². The van der Waals surface area contributed by atoms with Gasteiger partial charge < -0.3 is 5.32 Å². The Hall–Kier alpha value is -0.710. The Morgan fingerprint density at radius 2 is 2.29 bits per heavy atom. The normalized spacial score (nSPS) is 12.6. The lowest BCUT2D eigenvalue weighted by Crippen LogP contribution is -2.18. The summed E-state index contributed by atoms with van der Waals surface area (Å²) in [6.45, 7) is 0. The summed E-state index contributed by atoms with van der Waals surface area (Å²) in [6.07, 6.45) is 3.99. The van der Waals surface area contributed by atoms with Crippen molar-refractivity contribution in [3.05, 3.63) is 50.9 Å². The van der Waals surface area contributed by atoms with Crippen LogP contribution in [0.25, 0.3) is 0 Å². The molecule has 0 saturated heterocycles. The van der Waals surface area contributed by atoms with Crippen LogP contribution in [0.4, 0.5) is 0 Å². The van der Waals surface area contributed by atoms with Crippen molar-refractivity contribution in [1.82, 2.24) is 10.3 Å². The van der Waals surface area contributed by atoms with Crippen molar-refractivity contribution >= 4 is 27.3 Å². The van der Waals surface area contributed by atoms with Crippen LogP contribution in [0.1, 0.15) is 23.0 Å². The van der Waals surface area contributed by atoms with E-state index < -0.39 is 0 Å². The lowest BCUT2D eigenvalue weighted by Gasteiger charge is -2.16. The molecule has 17 heavy (non-hydrogen) atoms. The van der Waals surface area contributed by atoms with Crippen LogP contribution in [0.3, 0.4) is 0 Å². The topological polar surface area (TPSA) is 24.9 Å². The summed E-state index contributed by atoms with van der Waals surface area (Å²) < 4.78 is 1.07. The molecule has 0 spiro atoms. The Morgan fingerprint density at radius 3 is 2.94 bits per heavy atom. The summed E-state index contributed by atoms with van der Waals surface area (Å²) in [5.41, 5.74) is 1.09. The Labute approximate surface area is 114 Å². The Bertz CT molecular complexity index is 456. The molecule has 1 N–H and O–H groups in total. The summed E-state index contributed by atoms with van der Waals surface area (Å²) in [5, 5.41) is 5.46. The highest BCUT2D eigenvalue weighted by Crippen LogP contribution is 2.25. The second-order valence-corrected chi connectivity index (χ2v) is 5.72. The first-order valence-corrected chi connectivity index (χ1v) is 7.28. The molecule has 90 valence electrons. The van der Waals surface area contributed by atoms with Gasteiger partial charge in [0.1, 0.15) is 0 Å².